The van der Waals surface area contributed by atoms with E-state index in [0.29, 0.717) is 6.42 Å². The van der Waals surface area contributed by atoms with Crippen molar-refractivity contribution in [1.29, 1.82) is 0 Å². The summed E-state index contributed by atoms with van der Waals surface area (Å²) in [4.78, 5) is 22.9. The van der Waals surface area contributed by atoms with Crippen molar-refractivity contribution in [2.24, 2.45) is 5.92 Å². The van der Waals surface area contributed by atoms with Gasteiger partial charge in [-0.3, -0.25) is 14.9 Å². The monoisotopic (exact) mass is 231 g/mol. The van der Waals surface area contributed by atoms with E-state index in [-0.39, 0.29) is 23.7 Å². The highest BCUT2D eigenvalue weighted by atomic mass is 16.2. The number of hydrogen-bond acceptors (Lipinski definition) is 2. The fourth-order valence-electron chi connectivity index (χ4n) is 2.53. The quantitative estimate of drug-likeness (QED) is 0.792. The Morgan fingerprint density at radius 2 is 2.00 bits per heavy atom. The molecule has 1 aromatic carbocycles. The summed E-state index contributed by atoms with van der Waals surface area (Å²) in [5.74, 6) is -0.426. The number of nitrogens with one attached hydrogen (secondary N) is 1. The third-order valence-corrected chi connectivity index (χ3v) is 3.52. The van der Waals surface area contributed by atoms with Gasteiger partial charge in [0.2, 0.25) is 11.8 Å². The van der Waals surface area contributed by atoms with Crippen LogP contribution < -0.4 is 5.32 Å². The number of imide groups is 1. The van der Waals surface area contributed by atoms with Gasteiger partial charge in [0.15, 0.2) is 0 Å². The van der Waals surface area contributed by atoms with E-state index in [9.17, 15) is 9.59 Å². The molecule has 0 spiro atoms. The van der Waals surface area contributed by atoms with Gasteiger partial charge in [0.1, 0.15) is 0 Å². The second kappa shape index (κ2) is 4.32. The topological polar surface area (TPSA) is 46.2 Å². The van der Waals surface area contributed by atoms with Gasteiger partial charge in [0.25, 0.3) is 0 Å². The Morgan fingerprint density at radius 1 is 1.29 bits per heavy atom. The molecular formula is C14H17NO2. The maximum atomic E-state index is 11.6. The normalized spacial score (nSPS) is 21.5. The molecule has 2 amide bonds. The molecule has 0 saturated carbocycles. The molecule has 1 N–H and O–H groups in total. The molecule has 0 bridgehead atoms. The molecule has 2 atom stereocenters. The van der Waals surface area contributed by atoms with Crippen molar-refractivity contribution < 1.29 is 9.59 Å². The lowest BCUT2D eigenvalue weighted by Crippen LogP contribution is -2.24. The van der Waals surface area contributed by atoms with Crippen LogP contribution in [0.5, 0.6) is 0 Å². The van der Waals surface area contributed by atoms with E-state index in [4.69, 9.17) is 0 Å². The molecule has 1 fully saturated rings. The van der Waals surface area contributed by atoms with Crippen LogP contribution in [0.1, 0.15) is 36.0 Å². The summed E-state index contributed by atoms with van der Waals surface area (Å²) in [6, 6.07) is 6.22. The second-order valence-electron chi connectivity index (χ2n) is 4.87. The number of amides is 2. The lowest BCUT2D eigenvalue weighted by Gasteiger charge is -2.19. The smallest absolute Gasteiger partial charge is 0.230 e. The molecule has 1 aliphatic rings. The van der Waals surface area contributed by atoms with Crippen LogP contribution >= 0.6 is 0 Å². The summed E-state index contributed by atoms with van der Waals surface area (Å²) in [7, 11) is 0. The summed E-state index contributed by atoms with van der Waals surface area (Å²) >= 11 is 0. The van der Waals surface area contributed by atoms with Gasteiger partial charge in [0.05, 0.1) is 5.92 Å². The molecule has 3 heteroatoms. The summed E-state index contributed by atoms with van der Waals surface area (Å²) in [6.45, 7) is 6.11. The van der Waals surface area contributed by atoms with E-state index in [1.807, 2.05) is 26.8 Å². The zero-order chi connectivity index (χ0) is 12.6. The molecule has 17 heavy (non-hydrogen) atoms. The Labute approximate surface area is 101 Å². The minimum atomic E-state index is -0.219. The zero-order valence-corrected chi connectivity index (χ0v) is 10.4. The van der Waals surface area contributed by atoms with Gasteiger partial charge >= 0.3 is 0 Å². The number of benzene rings is 1. The highest BCUT2D eigenvalue weighted by Gasteiger charge is 2.35. The standard InChI is InChI=1S/C14H17NO2/c1-8-4-5-11(9(2)6-8)10(3)12-7-13(16)15-14(12)17/h4-6,10,12H,7H2,1-3H3,(H,15,16,17). The van der Waals surface area contributed by atoms with Gasteiger partial charge < -0.3 is 0 Å². The minimum absolute atomic E-state index is 0.0852. The SMILES string of the molecule is Cc1ccc(C(C)C2CC(=O)NC2=O)c(C)c1. The Bertz CT molecular complexity index is 479. The lowest BCUT2D eigenvalue weighted by atomic mass is 9.84. The predicted octanol–water partition coefficient (Wildman–Crippen LogP) is 2.07. The van der Waals surface area contributed by atoms with E-state index in [0.717, 1.165) is 5.56 Å². The van der Waals surface area contributed by atoms with Crippen LogP contribution in [-0.4, -0.2) is 11.8 Å². The molecule has 0 radical (unpaired) electrons. The fourth-order valence-corrected chi connectivity index (χ4v) is 2.53. The van der Waals surface area contributed by atoms with Crippen LogP contribution in [0.15, 0.2) is 18.2 Å². The summed E-state index contributed by atoms with van der Waals surface area (Å²) in [5.41, 5.74) is 3.56. The van der Waals surface area contributed by atoms with E-state index in [1.165, 1.54) is 11.1 Å². The Morgan fingerprint density at radius 3 is 2.53 bits per heavy atom. The minimum Gasteiger partial charge on any atom is -0.296 e. The zero-order valence-electron chi connectivity index (χ0n) is 10.4. The number of carbonyl (C=O) groups excluding carboxylic acids is 2. The van der Waals surface area contributed by atoms with E-state index >= 15 is 0 Å². The van der Waals surface area contributed by atoms with E-state index in [1.54, 1.807) is 0 Å². The van der Waals surface area contributed by atoms with Gasteiger partial charge in [-0.1, -0.05) is 30.7 Å². The molecule has 2 unspecified atom stereocenters. The average molecular weight is 231 g/mol. The molecular weight excluding hydrogens is 214 g/mol. The largest absolute Gasteiger partial charge is 0.296 e. The Hall–Kier alpha value is -1.64. The van der Waals surface area contributed by atoms with Gasteiger partial charge in [-0.2, -0.15) is 0 Å². The Kier molecular flexibility index (Phi) is 3.01. The van der Waals surface area contributed by atoms with Crippen LogP contribution in [0.25, 0.3) is 0 Å². The van der Waals surface area contributed by atoms with Crippen molar-refractivity contribution in [1.82, 2.24) is 5.32 Å². The predicted molar refractivity (Wildman–Crippen MR) is 65.6 cm³/mol. The average Bonchev–Trinajstić information content (AvgIpc) is 2.57. The summed E-state index contributed by atoms with van der Waals surface area (Å²) in [5, 5.41) is 2.37. The van der Waals surface area contributed by atoms with Crippen LogP contribution in [0.4, 0.5) is 0 Å². The van der Waals surface area contributed by atoms with Gasteiger partial charge in [-0.05, 0) is 30.9 Å². The van der Waals surface area contributed by atoms with Crippen molar-refractivity contribution >= 4 is 11.8 Å². The molecule has 90 valence electrons. The molecule has 1 saturated heterocycles. The van der Waals surface area contributed by atoms with Crippen molar-refractivity contribution in [3.8, 4) is 0 Å². The number of hydrogen-bond donors (Lipinski definition) is 1. The Balaban J connectivity index is 2.28. The third kappa shape index (κ3) is 2.23. The van der Waals surface area contributed by atoms with E-state index < -0.39 is 0 Å². The molecule has 2 rings (SSSR count). The second-order valence-corrected chi connectivity index (χ2v) is 4.87. The van der Waals surface area contributed by atoms with Crippen LogP contribution in [0.3, 0.4) is 0 Å². The lowest BCUT2D eigenvalue weighted by molar-refractivity contribution is -0.126. The first-order valence-corrected chi connectivity index (χ1v) is 5.90. The van der Waals surface area contributed by atoms with Crippen molar-refractivity contribution in [3.05, 3.63) is 34.9 Å². The van der Waals surface area contributed by atoms with Gasteiger partial charge in [0, 0.05) is 6.42 Å². The molecule has 3 nitrogen and oxygen atoms in total. The highest BCUT2D eigenvalue weighted by Crippen LogP contribution is 2.31. The van der Waals surface area contributed by atoms with Crippen LogP contribution in [-0.2, 0) is 9.59 Å². The number of carbonyl (C=O) groups is 2. The fraction of sp³-hybridized carbons (Fsp3) is 0.429. The van der Waals surface area contributed by atoms with Crippen molar-refractivity contribution in [2.45, 2.75) is 33.1 Å². The van der Waals surface area contributed by atoms with E-state index in [2.05, 4.69) is 17.4 Å². The first-order valence-electron chi connectivity index (χ1n) is 5.90. The summed E-state index contributed by atoms with van der Waals surface area (Å²) in [6.07, 6.45) is 0.313. The highest BCUT2D eigenvalue weighted by molar-refractivity contribution is 6.03. The molecule has 1 heterocycles. The molecule has 0 aliphatic carbocycles. The van der Waals surface area contributed by atoms with Crippen LogP contribution in [0.2, 0.25) is 0 Å². The van der Waals surface area contributed by atoms with Crippen LogP contribution in [0, 0.1) is 19.8 Å². The number of rotatable bonds is 2. The summed E-state index contributed by atoms with van der Waals surface area (Å²) < 4.78 is 0. The van der Waals surface area contributed by atoms with Gasteiger partial charge in [-0.15, -0.1) is 0 Å². The first-order chi connectivity index (χ1) is 7.99. The van der Waals surface area contributed by atoms with Crippen molar-refractivity contribution in [3.63, 3.8) is 0 Å². The van der Waals surface area contributed by atoms with Crippen molar-refractivity contribution in [2.75, 3.05) is 0 Å². The number of aryl methyl sites for hydroxylation is 2. The third-order valence-electron chi connectivity index (χ3n) is 3.52. The molecule has 0 aromatic heterocycles. The maximum absolute atomic E-state index is 11.6. The van der Waals surface area contributed by atoms with Gasteiger partial charge in [-0.25, -0.2) is 0 Å². The molecule has 1 aliphatic heterocycles. The molecule has 1 aromatic rings. The maximum Gasteiger partial charge on any atom is 0.230 e. The first kappa shape index (κ1) is 11.8.